The molecule has 0 saturated carbocycles. The number of thiazole rings is 1. The van der Waals surface area contributed by atoms with Crippen molar-refractivity contribution >= 4 is 44.9 Å². The highest BCUT2D eigenvalue weighted by molar-refractivity contribution is 7.09. The van der Waals surface area contributed by atoms with Crippen molar-refractivity contribution in [3.63, 3.8) is 0 Å². The van der Waals surface area contributed by atoms with E-state index < -0.39 is 0 Å². The number of hydrogen-bond acceptors (Lipinski definition) is 5. The maximum atomic E-state index is 12.6. The number of hydrogen-bond donors (Lipinski definition) is 3. The maximum absolute atomic E-state index is 12.6. The quantitative estimate of drug-likeness (QED) is 0.442. The van der Waals surface area contributed by atoms with Gasteiger partial charge >= 0.3 is 0 Å². The van der Waals surface area contributed by atoms with Crippen LogP contribution in [-0.2, 0) is 0 Å². The van der Waals surface area contributed by atoms with Crippen LogP contribution in [0.1, 0.15) is 15.5 Å². The summed E-state index contributed by atoms with van der Waals surface area (Å²) in [5.74, 6) is -0.236. The number of pyridine rings is 1. The molecule has 1 amide bonds. The van der Waals surface area contributed by atoms with Gasteiger partial charge in [0.05, 0.1) is 22.4 Å². The van der Waals surface area contributed by atoms with Crippen molar-refractivity contribution in [1.29, 1.82) is 0 Å². The summed E-state index contributed by atoms with van der Waals surface area (Å²) in [4.78, 5) is 24.4. The fourth-order valence-corrected chi connectivity index (χ4v) is 3.75. The molecule has 7 nitrogen and oxygen atoms in total. The van der Waals surface area contributed by atoms with E-state index in [9.17, 15) is 4.79 Å². The molecule has 132 valence electrons. The van der Waals surface area contributed by atoms with Crippen molar-refractivity contribution < 1.29 is 4.79 Å². The topological polar surface area (TPSA) is 99.4 Å². The predicted octanol–water partition coefficient (Wildman–Crippen LogP) is 4.12. The van der Waals surface area contributed by atoms with Gasteiger partial charge in [-0.1, -0.05) is 0 Å². The molecule has 0 bridgehead atoms. The number of anilines is 1. The summed E-state index contributed by atoms with van der Waals surface area (Å²) < 4.78 is 0. The lowest BCUT2D eigenvalue weighted by Crippen LogP contribution is -2.12. The van der Waals surface area contributed by atoms with E-state index in [2.05, 4.69) is 30.5 Å². The van der Waals surface area contributed by atoms with Gasteiger partial charge in [0, 0.05) is 34.1 Å². The third kappa shape index (κ3) is 2.67. The number of rotatable bonds is 3. The number of aryl methyl sites for hydroxylation is 1. The Morgan fingerprint density at radius 2 is 2.19 bits per heavy atom. The van der Waals surface area contributed by atoms with Gasteiger partial charge in [-0.15, -0.1) is 11.3 Å². The van der Waals surface area contributed by atoms with E-state index in [0.717, 1.165) is 38.1 Å². The van der Waals surface area contributed by atoms with Crippen molar-refractivity contribution in [2.45, 2.75) is 6.92 Å². The van der Waals surface area contributed by atoms with Crippen molar-refractivity contribution in [3.05, 3.63) is 58.9 Å². The van der Waals surface area contributed by atoms with Crippen LogP contribution >= 0.6 is 11.3 Å². The maximum Gasteiger partial charge on any atom is 0.275 e. The normalized spacial score (nSPS) is 11.3. The smallest absolute Gasteiger partial charge is 0.275 e. The Hall–Kier alpha value is -3.52. The summed E-state index contributed by atoms with van der Waals surface area (Å²) in [5.41, 5.74) is 4.72. The molecule has 0 radical (unpaired) electrons. The van der Waals surface area contributed by atoms with Crippen molar-refractivity contribution in [2.75, 3.05) is 5.32 Å². The molecule has 8 heteroatoms. The van der Waals surface area contributed by atoms with Gasteiger partial charge in [-0.05, 0) is 36.8 Å². The number of aromatic nitrogens is 5. The number of carbonyl (C=O) groups is 1. The average molecular weight is 374 g/mol. The molecule has 0 aliphatic carbocycles. The van der Waals surface area contributed by atoms with E-state index in [1.165, 1.54) is 11.3 Å². The lowest BCUT2D eigenvalue weighted by atomic mass is 10.0. The molecule has 5 rings (SSSR count). The van der Waals surface area contributed by atoms with Gasteiger partial charge in [0.25, 0.3) is 5.91 Å². The highest BCUT2D eigenvalue weighted by Gasteiger charge is 2.15. The largest absolute Gasteiger partial charge is 0.346 e. The van der Waals surface area contributed by atoms with Crippen LogP contribution in [0.5, 0.6) is 0 Å². The number of benzene rings is 1. The highest BCUT2D eigenvalue weighted by atomic mass is 32.1. The Balaban J connectivity index is 1.62. The van der Waals surface area contributed by atoms with Crippen LogP contribution in [0.25, 0.3) is 33.1 Å². The van der Waals surface area contributed by atoms with Gasteiger partial charge < -0.3 is 10.3 Å². The Labute approximate surface area is 157 Å². The van der Waals surface area contributed by atoms with E-state index in [0.29, 0.717) is 11.4 Å². The molecule has 1 aromatic carbocycles. The first-order valence-electron chi connectivity index (χ1n) is 8.32. The minimum absolute atomic E-state index is 0.236. The predicted molar refractivity (Wildman–Crippen MR) is 106 cm³/mol. The number of fused-ring (bicyclic) bond motifs is 2. The molecule has 27 heavy (non-hydrogen) atoms. The van der Waals surface area contributed by atoms with Crippen LogP contribution in [-0.4, -0.2) is 31.1 Å². The standard InChI is InChI=1S/C19H14N6OS/c1-10-23-17(9-27-10)19(26)24-15-5-11(6-16-14(15)8-22-25-16)13-7-21-18-12(13)3-2-4-20-18/h2-9H,1H3,(H,20,21)(H,22,25)(H,24,26). The third-order valence-corrected chi connectivity index (χ3v) is 5.19. The Bertz CT molecular complexity index is 1300. The molecular formula is C19H14N6OS. The zero-order valence-corrected chi connectivity index (χ0v) is 15.1. The number of amides is 1. The molecule has 0 saturated heterocycles. The Kier molecular flexibility index (Phi) is 3.51. The first-order chi connectivity index (χ1) is 13.2. The van der Waals surface area contributed by atoms with E-state index >= 15 is 0 Å². The third-order valence-electron chi connectivity index (χ3n) is 4.42. The van der Waals surface area contributed by atoms with Crippen molar-refractivity contribution in [2.24, 2.45) is 0 Å². The minimum atomic E-state index is -0.236. The SMILES string of the molecule is Cc1nc(C(=O)Nc2cc(-c3c[nH]c4ncccc34)cc3[nH]ncc23)cs1. The summed E-state index contributed by atoms with van der Waals surface area (Å²) in [5, 5.41) is 14.6. The summed E-state index contributed by atoms with van der Waals surface area (Å²) in [6, 6.07) is 7.88. The lowest BCUT2D eigenvalue weighted by Gasteiger charge is -2.08. The van der Waals surface area contributed by atoms with Gasteiger partial charge in [0.1, 0.15) is 11.3 Å². The second kappa shape index (κ2) is 6.03. The molecule has 0 atom stereocenters. The van der Waals surface area contributed by atoms with E-state index in [1.807, 2.05) is 37.4 Å². The summed E-state index contributed by atoms with van der Waals surface area (Å²) >= 11 is 1.45. The molecule has 5 aromatic rings. The zero-order chi connectivity index (χ0) is 18.4. The number of nitrogens with zero attached hydrogens (tertiary/aromatic N) is 3. The Morgan fingerprint density at radius 3 is 3.04 bits per heavy atom. The first kappa shape index (κ1) is 15.7. The van der Waals surface area contributed by atoms with Crippen molar-refractivity contribution in [1.82, 2.24) is 25.1 Å². The molecule has 4 heterocycles. The van der Waals surface area contributed by atoms with Crippen LogP contribution in [0.2, 0.25) is 0 Å². The van der Waals surface area contributed by atoms with Gasteiger partial charge in [0.15, 0.2) is 0 Å². The van der Waals surface area contributed by atoms with Crippen LogP contribution in [0.15, 0.2) is 48.2 Å². The molecular weight excluding hydrogens is 360 g/mol. The molecule has 0 unspecified atom stereocenters. The zero-order valence-electron chi connectivity index (χ0n) is 14.3. The van der Waals surface area contributed by atoms with E-state index in [1.54, 1.807) is 17.8 Å². The molecule has 0 aliphatic heterocycles. The Morgan fingerprint density at radius 1 is 1.26 bits per heavy atom. The monoisotopic (exact) mass is 374 g/mol. The molecule has 4 aromatic heterocycles. The molecule has 0 aliphatic rings. The lowest BCUT2D eigenvalue weighted by molar-refractivity contribution is 0.102. The fraction of sp³-hybridized carbons (Fsp3) is 0.0526. The minimum Gasteiger partial charge on any atom is -0.346 e. The summed E-state index contributed by atoms with van der Waals surface area (Å²) in [7, 11) is 0. The summed E-state index contributed by atoms with van der Waals surface area (Å²) in [6.07, 6.45) is 5.38. The second-order valence-corrected chi connectivity index (χ2v) is 7.23. The first-order valence-corrected chi connectivity index (χ1v) is 9.20. The van der Waals surface area contributed by atoms with E-state index in [4.69, 9.17) is 0 Å². The summed E-state index contributed by atoms with van der Waals surface area (Å²) in [6.45, 7) is 1.88. The van der Waals surface area contributed by atoms with Crippen molar-refractivity contribution in [3.8, 4) is 11.1 Å². The number of carbonyl (C=O) groups excluding carboxylic acids is 1. The van der Waals surface area contributed by atoms with Crippen LogP contribution in [0.4, 0.5) is 5.69 Å². The van der Waals surface area contributed by atoms with E-state index in [-0.39, 0.29) is 5.91 Å². The van der Waals surface area contributed by atoms with Gasteiger partial charge in [-0.2, -0.15) is 5.10 Å². The van der Waals surface area contributed by atoms with Gasteiger partial charge in [0.2, 0.25) is 0 Å². The van der Waals surface area contributed by atoms with Gasteiger partial charge in [-0.3, -0.25) is 9.89 Å². The fourth-order valence-electron chi connectivity index (χ4n) is 3.16. The van der Waals surface area contributed by atoms with Gasteiger partial charge in [-0.25, -0.2) is 9.97 Å². The number of aromatic amines is 2. The molecule has 0 fully saturated rings. The van der Waals surface area contributed by atoms with Crippen LogP contribution < -0.4 is 5.32 Å². The second-order valence-electron chi connectivity index (χ2n) is 6.16. The van der Waals surface area contributed by atoms with Crippen LogP contribution in [0.3, 0.4) is 0 Å². The number of H-pyrrole nitrogens is 2. The molecule has 0 spiro atoms. The van der Waals surface area contributed by atoms with Crippen LogP contribution in [0, 0.1) is 6.92 Å². The highest BCUT2D eigenvalue weighted by Crippen LogP contribution is 2.33. The average Bonchev–Trinajstić information content (AvgIpc) is 3.40. The molecule has 3 N–H and O–H groups in total. The number of nitrogens with one attached hydrogen (secondary N) is 3.